The number of fused-ring (bicyclic) bond motifs is 2. The number of hydrogen-bond acceptors (Lipinski definition) is 6. The van der Waals surface area contributed by atoms with E-state index < -0.39 is 42.1 Å². The predicted molar refractivity (Wildman–Crippen MR) is 152 cm³/mol. The Bertz CT molecular complexity index is 1950. The van der Waals surface area contributed by atoms with Crippen LogP contribution in [0.3, 0.4) is 0 Å². The van der Waals surface area contributed by atoms with Gasteiger partial charge in [0.1, 0.15) is 29.7 Å². The molecule has 1 saturated heterocycles. The third-order valence-electron chi connectivity index (χ3n) is 7.73. The molecule has 0 saturated carbocycles. The summed E-state index contributed by atoms with van der Waals surface area (Å²) in [5, 5.41) is 14.5. The molecule has 2 N–H and O–H groups in total. The number of carboxylic acids is 1. The van der Waals surface area contributed by atoms with E-state index in [0.29, 0.717) is 16.4 Å². The lowest BCUT2D eigenvalue weighted by atomic mass is 9.95. The minimum absolute atomic E-state index is 0.0305. The number of alkyl halides is 1. The molecule has 1 aliphatic heterocycles. The largest absolute Gasteiger partial charge is 0.478 e. The number of aromatic amines is 1. The van der Waals surface area contributed by atoms with E-state index in [1.54, 1.807) is 36.4 Å². The van der Waals surface area contributed by atoms with Crippen LogP contribution < -0.4 is 0 Å². The number of ketones is 2. The van der Waals surface area contributed by atoms with Crippen LogP contribution in [0.4, 0.5) is 8.78 Å². The molecule has 2 atom stereocenters. The molecule has 5 aromatic rings. The normalized spacial score (nSPS) is 16.7. The van der Waals surface area contributed by atoms with Gasteiger partial charge < -0.3 is 15.0 Å². The van der Waals surface area contributed by atoms with Gasteiger partial charge >= 0.3 is 5.97 Å². The summed E-state index contributed by atoms with van der Waals surface area (Å²) in [7, 11) is 0. The fraction of sp³-hybridized carbons (Fsp3) is 0.226. The Kier molecular flexibility index (Phi) is 7.04. The fourth-order valence-corrected chi connectivity index (χ4v) is 5.71. The van der Waals surface area contributed by atoms with Crippen LogP contribution in [0.15, 0.2) is 60.9 Å². The zero-order chi connectivity index (χ0) is 30.4. The van der Waals surface area contributed by atoms with Crippen LogP contribution >= 0.6 is 0 Å². The zero-order valence-electron chi connectivity index (χ0n) is 22.9. The molecule has 0 bridgehead atoms. The second-order valence-corrected chi connectivity index (χ2v) is 10.5. The molecule has 0 radical (unpaired) electrons. The van der Waals surface area contributed by atoms with Gasteiger partial charge in [-0.3, -0.25) is 19.1 Å². The van der Waals surface area contributed by atoms with Gasteiger partial charge in [-0.15, -0.1) is 0 Å². The third-order valence-corrected chi connectivity index (χ3v) is 7.73. The molecule has 10 nitrogen and oxygen atoms in total. The highest BCUT2D eigenvalue weighted by atomic mass is 19.1. The van der Waals surface area contributed by atoms with Crippen molar-refractivity contribution in [2.24, 2.45) is 0 Å². The summed E-state index contributed by atoms with van der Waals surface area (Å²) >= 11 is 0. The number of amides is 1. The van der Waals surface area contributed by atoms with Crippen LogP contribution in [-0.2, 0) is 22.6 Å². The quantitative estimate of drug-likeness (QED) is 0.258. The first-order valence-electron chi connectivity index (χ1n) is 13.5. The van der Waals surface area contributed by atoms with Gasteiger partial charge in [-0.25, -0.2) is 18.6 Å². The van der Waals surface area contributed by atoms with Crippen molar-refractivity contribution in [1.82, 2.24) is 24.6 Å². The van der Waals surface area contributed by atoms with Crippen LogP contribution in [0.25, 0.3) is 33.1 Å². The minimum Gasteiger partial charge on any atom is -0.478 e. The van der Waals surface area contributed by atoms with Gasteiger partial charge in [0.05, 0.1) is 35.5 Å². The standard InChI is InChI=1S/C31H25F2N5O5/c1-16(39)29-21-6-2-3-8-24(21)38(36-29)14-27(41)37-13-19(32)12-25(37)26(40)11-17-5-4-7-20(28(17)33)18-9-22(31(42)43)30-23(10-18)34-15-35-30/h2-10,15,19,25H,11-14H2,1H3,(H,34,35)(H,42,43)/t19-,25+/m1/s1. The lowest BCUT2D eigenvalue weighted by Gasteiger charge is -2.23. The number of Topliss-reactive ketones (excluding diaryl/α,β-unsaturated/α-hetero) is 2. The van der Waals surface area contributed by atoms with Gasteiger partial charge in [-0.1, -0.05) is 36.4 Å². The molecule has 1 fully saturated rings. The first kappa shape index (κ1) is 27.9. The molecule has 218 valence electrons. The Morgan fingerprint density at radius 1 is 1.09 bits per heavy atom. The third kappa shape index (κ3) is 5.05. The Labute approximate surface area is 242 Å². The summed E-state index contributed by atoms with van der Waals surface area (Å²) in [4.78, 5) is 58.7. The number of nitrogens with one attached hydrogen (secondary N) is 1. The highest BCUT2D eigenvalue weighted by molar-refractivity contribution is 6.05. The number of H-pyrrole nitrogens is 1. The first-order valence-corrected chi connectivity index (χ1v) is 13.5. The average Bonchev–Trinajstić information content (AvgIpc) is 3.70. The molecule has 3 heterocycles. The summed E-state index contributed by atoms with van der Waals surface area (Å²) < 4.78 is 31.8. The van der Waals surface area contributed by atoms with Crippen molar-refractivity contribution in [2.45, 2.75) is 38.5 Å². The Hall–Kier alpha value is -5.26. The Morgan fingerprint density at radius 3 is 2.65 bits per heavy atom. The summed E-state index contributed by atoms with van der Waals surface area (Å²) in [6.45, 7) is 0.771. The monoisotopic (exact) mass is 585 g/mol. The number of aromatic carboxylic acids is 1. The molecular weight excluding hydrogens is 560 g/mol. The molecule has 6 rings (SSSR count). The number of benzene rings is 3. The molecule has 3 aromatic carbocycles. The van der Waals surface area contributed by atoms with Crippen LogP contribution in [0, 0.1) is 5.82 Å². The lowest BCUT2D eigenvalue weighted by molar-refractivity contribution is -0.138. The number of nitrogens with zero attached hydrogens (tertiary/aromatic N) is 4. The number of likely N-dealkylation sites (tertiary alicyclic amines) is 1. The van der Waals surface area contributed by atoms with Crippen molar-refractivity contribution < 1.29 is 33.1 Å². The molecule has 1 amide bonds. The van der Waals surface area contributed by atoms with Crippen LogP contribution in [-0.4, -0.2) is 72.0 Å². The number of carboxylic acid groups (broad SMARTS) is 1. The highest BCUT2D eigenvalue weighted by Gasteiger charge is 2.40. The number of hydrogen-bond donors (Lipinski definition) is 2. The van der Waals surface area contributed by atoms with Gasteiger partial charge in [-0.2, -0.15) is 5.10 Å². The maximum absolute atomic E-state index is 15.8. The summed E-state index contributed by atoms with van der Waals surface area (Å²) in [5.41, 5.74) is 1.68. The maximum Gasteiger partial charge on any atom is 0.337 e. The predicted octanol–water partition coefficient (Wildman–Crippen LogP) is 4.37. The van der Waals surface area contributed by atoms with Gasteiger partial charge in [-0.05, 0) is 29.3 Å². The minimum atomic E-state index is -1.44. The van der Waals surface area contributed by atoms with Crippen molar-refractivity contribution in [3.05, 3.63) is 83.6 Å². The summed E-state index contributed by atoms with van der Waals surface area (Å²) in [5.74, 6) is -3.30. The molecule has 12 heteroatoms. The molecule has 0 unspecified atom stereocenters. The number of carbonyl (C=O) groups is 4. The number of halogens is 2. The van der Waals surface area contributed by atoms with E-state index in [1.807, 2.05) is 0 Å². The second-order valence-electron chi connectivity index (χ2n) is 10.5. The van der Waals surface area contributed by atoms with Gasteiger partial charge in [0.15, 0.2) is 11.6 Å². The van der Waals surface area contributed by atoms with E-state index >= 15 is 4.39 Å². The van der Waals surface area contributed by atoms with Crippen LogP contribution in [0.5, 0.6) is 0 Å². The highest BCUT2D eigenvalue weighted by Crippen LogP contribution is 2.31. The van der Waals surface area contributed by atoms with E-state index in [-0.39, 0.29) is 58.8 Å². The number of para-hydroxylation sites is 1. The SMILES string of the molecule is CC(=O)c1nn(CC(=O)N2C[C@H](F)C[C@H]2C(=O)Cc2cccc(-c3cc(C(=O)O)c4nc[nH]c4c3)c2F)c2ccccc12. The van der Waals surface area contributed by atoms with Crippen molar-refractivity contribution in [3.8, 4) is 11.1 Å². The topological polar surface area (TPSA) is 138 Å². The van der Waals surface area contributed by atoms with Gasteiger partial charge in [0, 0.05) is 30.7 Å². The first-order chi connectivity index (χ1) is 20.6. The van der Waals surface area contributed by atoms with Crippen LogP contribution in [0.1, 0.15) is 39.8 Å². The van der Waals surface area contributed by atoms with Crippen molar-refractivity contribution in [3.63, 3.8) is 0 Å². The number of aromatic nitrogens is 4. The maximum atomic E-state index is 15.8. The van der Waals surface area contributed by atoms with E-state index in [0.717, 1.165) is 4.90 Å². The Morgan fingerprint density at radius 2 is 1.88 bits per heavy atom. The molecule has 2 aromatic heterocycles. The van der Waals surface area contributed by atoms with Gasteiger partial charge in [0.2, 0.25) is 5.91 Å². The van der Waals surface area contributed by atoms with E-state index in [1.165, 1.54) is 36.1 Å². The molecule has 0 spiro atoms. The number of carbonyl (C=O) groups excluding carboxylic acids is 3. The van der Waals surface area contributed by atoms with Crippen molar-refractivity contribution in [1.29, 1.82) is 0 Å². The van der Waals surface area contributed by atoms with Gasteiger partial charge in [0.25, 0.3) is 0 Å². The lowest BCUT2D eigenvalue weighted by Crippen LogP contribution is -2.43. The molecule has 1 aliphatic rings. The number of imidazole rings is 1. The fourth-order valence-electron chi connectivity index (χ4n) is 5.71. The second kappa shape index (κ2) is 10.9. The van der Waals surface area contributed by atoms with Crippen molar-refractivity contribution in [2.75, 3.05) is 6.54 Å². The molecule has 0 aliphatic carbocycles. The van der Waals surface area contributed by atoms with E-state index in [2.05, 4.69) is 15.1 Å². The van der Waals surface area contributed by atoms with Crippen LogP contribution in [0.2, 0.25) is 0 Å². The van der Waals surface area contributed by atoms with E-state index in [9.17, 15) is 28.7 Å². The summed E-state index contributed by atoms with van der Waals surface area (Å²) in [6, 6.07) is 13.1. The van der Waals surface area contributed by atoms with E-state index in [4.69, 9.17) is 0 Å². The van der Waals surface area contributed by atoms with Crippen molar-refractivity contribution >= 4 is 45.4 Å². The molecular formula is C31H25F2N5O5. The number of rotatable bonds is 8. The smallest absolute Gasteiger partial charge is 0.337 e. The zero-order valence-corrected chi connectivity index (χ0v) is 22.9. The summed E-state index contributed by atoms with van der Waals surface area (Å²) in [6.07, 6.45) is -0.719. The molecule has 43 heavy (non-hydrogen) atoms. The Balaban J connectivity index is 1.25. The average molecular weight is 586 g/mol.